The van der Waals surface area contributed by atoms with Crippen LogP contribution in [0, 0.1) is 0 Å². The van der Waals surface area contributed by atoms with E-state index in [1.807, 2.05) is 36.4 Å². The quantitative estimate of drug-likeness (QED) is 0.427. The van der Waals surface area contributed by atoms with Crippen LogP contribution in [0.15, 0.2) is 60.7 Å². The lowest BCUT2D eigenvalue weighted by atomic mass is 9.99. The fourth-order valence-electron chi connectivity index (χ4n) is 3.64. The third-order valence-electron chi connectivity index (χ3n) is 5.26. The van der Waals surface area contributed by atoms with Crippen molar-refractivity contribution in [2.24, 2.45) is 0 Å². The molecule has 4 heteroatoms. The summed E-state index contributed by atoms with van der Waals surface area (Å²) in [6, 6.07) is 20.4. The number of aromatic nitrogens is 1. The van der Waals surface area contributed by atoms with Gasteiger partial charge in [-0.05, 0) is 43.6 Å². The lowest BCUT2D eigenvalue weighted by Crippen LogP contribution is -2.31. The van der Waals surface area contributed by atoms with Crippen molar-refractivity contribution in [2.75, 3.05) is 19.6 Å². The summed E-state index contributed by atoms with van der Waals surface area (Å²) in [5.41, 5.74) is 3.91. The van der Waals surface area contributed by atoms with Crippen molar-refractivity contribution < 1.29 is 5.11 Å². The number of benzene rings is 2. The Hall–Kier alpha value is -1.94. The topological polar surface area (TPSA) is 36.4 Å². The highest BCUT2D eigenvalue weighted by Gasteiger charge is 2.17. The maximum Gasteiger partial charge on any atom is 0.0924 e. The summed E-state index contributed by atoms with van der Waals surface area (Å²) < 4.78 is 0. The van der Waals surface area contributed by atoms with Crippen LogP contribution in [-0.4, -0.2) is 34.6 Å². The highest BCUT2D eigenvalue weighted by Crippen LogP contribution is 2.29. The normalized spacial score (nSPS) is 12.1. The summed E-state index contributed by atoms with van der Waals surface area (Å²) in [6.07, 6.45) is 4.17. The Morgan fingerprint density at radius 3 is 2.17 bits per heavy atom. The van der Waals surface area contributed by atoms with Crippen LogP contribution >= 0.6 is 12.4 Å². The maximum absolute atomic E-state index is 11.2. The zero-order valence-corrected chi connectivity index (χ0v) is 18.4. The van der Waals surface area contributed by atoms with E-state index < -0.39 is 6.10 Å². The van der Waals surface area contributed by atoms with Crippen molar-refractivity contribution in [3.63, 3.8) is 0 Å². The van der Waals surface area contributed by atoms with Crippen LogP contribution in [0.25, 0.3) is 22.2 Å². The van der Waals surface area contributed by atoms with Gasteiger partial charge in [0.15, 0.2) is 0 Å². The minimum Gasteiger partial charge on any atom is -0.387 e. The van der Waals surface area contributed by atoms with Gasteiger partial charge >= 0.3 is 0 Å². The van der Waals surface area contributed by atoms with Gasteiger partial charge in [0, 0.05) is 17.5 Å². The van der Waals surface area contributed by atoms with Gasteiger partial charge in [0.25, 0.3) is 0 Å². The van der Waals surface area contributed by atoms with E-state index in [4.69, 9.17) is 4.98 Å². The SMILES string of the molecule is CCCCN(CCCC)CC(O)c1cc(-c2ccccc2)nc2ccccc12.Cl. The van der Waals surface area contributed by atoms with Crippen LogP contribution in [0.4, 0.5) is 0 Å². The zero-order valence-electron chi connectivity index (χ0n) is 17.6. The van der Waals surface area contributed by atoms with Crippen molar-refractivity contribution in [2.45, 2.75) is 45.6 Å². The molecule has 3 aromatic rings. The Balaban J connectivity index is 0.00000300. The largest absolute Gasteiger partial charge is 0.387 e. The van der Waals surface area contributed by atoms with E-state index in [-0.39, 0.29) is 12.4 Å². The highest BCUT2D eigenvalue weighted by molar-refractivity contribution is 5.86. The van der Waals surface area contributed by atoms with E-state index in [9.17, 15) is 5.11 Å². The number of rotatable bonds is 10. The minimum absolute atomic E-state index is 0. The van der Waals surface area contributed by atoms with Gasteiger partial charge in [-0.1, -0.05) is 75.2 Å². The summed E-state index contributed by atoms with van der Waals surface area (Å²) >= 11 is 0. The maximum atomic E-state index is 11.2. The first-order valence-corrected chi connectivity index (χ1v) is 10.6. The molecule has 0 bridgehead atoms. The fourth-order valence-corrected chi connectivity index (χ4v) is 3.64. The number of fused-ring (bicyclic) bond motifs is 1. The standard InChI is InChI=1S/C25H32N2O.ClH/c1-3-5-16-27(17-6-4-2)19-25(28)22-18-24(20-12-8-7-9-13-20)26-23-15-11-10-14-21(22)23;/h7-15,18,25,28H,3-6,16-17,19H2,1-2H3;1H. The van der Waals surface area contributed by atoms with Gasteiger partial charge in [0.05, 0.1) is 17.3 Å². The van der Waals surface area contributed by atoms with Gasteiger partial charge in [-0.25, -0.2) is 4.98 Å². The first kappa shape index (κ1) is 23.3. The van der Waals surface area contributed by atoms with Crippen LogP contribution in [-0.2, 0) is 0 Å². The second-order valence-corrected chi connectivity index (χ2v) is 7.50. The molecule has 0 aliphatic carbocycles. The molecule has 0 saturated heterocycles. The van der Waals surface area contributed by atoms with Gasteiger partial charge in [-0.2, -0.15) is 0 Å². The Morgan fingerprint density at radius 1 is 0.897 bits per heavy atom. The van der Waals surface area contributed by atoms with Crippen LogP contribution in [0.3, 0.4) is 0 Å². The smallest absolute Gasteiger partial charge is 0.0924 e. The van der Waals surface area contributed by atoms with Crippen LogP contribution in [0.5, 0.6) is 0 Å². The minimum atomic E-state index is -0.524. The molecule has 29 heavy (non-hydrogen) atoms. The molecule has 1 unspecified atom stereocenters. The van der Waals surface area contributed by atoms with E-state index in [1.165, 1.54) is 25.7 Å². The Labute approximate surface area is 181 Å². The molecule has 0 aliphatic heterocycles. The van der Waals surface area contributed by atoms with Crippen molar-refractivity contribution in [1.82, 2.24) is 9.88 Å². The number of aliphatic hydroxyl groups excluding tert-OH is 1. The molecule has 0 amide bonds. The molecule has 0 spiro atoms. The first-order valence-electron chi connectivity index (χ1n) is 10.6. The summed E-state index contributed by atoms with van der Waals surface area (Å²) in [5, 5.41) is 12.2. The summed E-state index contributed by atoms with van der Waals surface area (Å²) in [5.74, 6) is 0. The molecule has 1 heterocycles. The Bertz CT molecular complexity index is 861. The third kappa shape index (κ3) is 6.27. The van der Waals surface area contributed by atoms with Crippen LogP contribution in [0.1, 0.15) is 51.2 Å². The molecular weight excluding hydrogens is 380 g/mol. The van der Waals surface area contributed by atoms with Gasteiger partial charge in [-0.15, -0.1) is 12.4 Å². The number of aliphatic hydroxyl groups is 1. The summed E-state index contributed by atoms with van der Waals surface area (Å²) in [4.78, 5) is 7.25. The zero-order chi connectivity index (χ0) is 19.8. The van der Waals surface area contributed by atoms with Crippen molar-refractivity contribution in [1.29, 1.82) is 0 Å². The number of nitrogens with zero attached hydrogens (tertiary/aromatic N) is 2. The second kappa shape index (κ2) is 11.9. The number of para-hydroxylation sites is 1. The third-order valence-corrected chi connectivity index (χ3v) is 5.26. The van der Waals surface area contributed by atoms with E-state index in [0.29, 0.717) is 6.54 Å². The molecule has 1 aromatic heterocycles. The van der Waals surface area contributed by atoms with Gasteiger partial charge in [0.1, 0.15) is 0 Å². The molecule has 2 aromatic carbocycles. The van der Waals surface area contributed by atoms with Gasteiger partial charge in [-0.3, -0.25) is 0 Å². The number of unbranched alkanes of at least 4 members (excludes halogenated alkanes) is 2. The monoisotopic (exact) mass is 412 g/mol. The van der Waals surface area contributed by atoms with Crippen molar-refractivity contribution >= 4 is 23.3 Å². The molecule has 3 rings (SSSR count). The molecule has 1 N–H and O–H groups in total. The van der Waals surface area contributed by atoms with Crippen LogP contribution in [0.2, 0.25) is 0 Å². The molecule has 0 fully saturated rings. The molecule has 0 radical (unpaired) electrons. The number of pyridine rings is 1. The van der Waals surface area contributed by atoms with Gasteiger partial charge in [0.2, 0.25) is 0 Å². The van der Waals surface area contributed by atoms with Gasteiger partial charge < -0.3 is 10.0 Å². The van der Waals surface area contributed by atoms with Crippen molar-refractivity contribution in [3.8, 4) is 11.3 Å². The van der Waals surface area contributed by atoms with E-state index in [0.717, 1.165) is 40.8 Å². The predicted molar refractivity (Wildman–Crippen MR) is 126 cm³/mol. The fraction of sp³-hybridized carbons (Fsp3) is 0.400. The molecule has 0 saturated carbocycles. The molecule has 0 aliphatic rings. The Kier molecular flexibility index (Phi) is 9.59. The average molecular weight is 413 g/mol. The number of hydrogen-bond donors (Lipinski definition) is 1. The molecular formula is C25H33ClN2O. The number of halogens is 1. The predicted octanol–water partition coefficient (Wildman–Crippen LogP) is 6.26. The summed E-state index contributed by atoms with van der Waals surface area (Å²) in [6.45, 7) is 7.19. The van der Waals surface area contributed by atoms with E-state index in [1.54, 1.807) is 0 Å². The summed E-state index contributed by atoms with van der Waals surface area (Å²) in [7, 11) is 0. The molecule has 3 nitrogen and oxygen atoms in total. The van der Waals surface area contributed by atoms with E-state index >= 15 is 0 Å². The highest BCUT2D eigenvalue weighted by atomic mass is 35.5. The number of hydrogen-bond acceptors (Lipinski definition) is 3. The lowest BCUT2D eigenvalue weighted by molar-refractivity contribution is 0.112. The molecule has 156 valence electrons. The van der Waals surface area contributed by atoms with E-state index in [2.05, 4.69) is 43.0 Å². The average Bonchev–Trinajstić information content (AvgIpc) is 2.75. The second-order valence-electron chi connectivity index (χ2n) is 7.50. The first-order chi connectivity index (χ1) is 13.7. The lowest BCUT2D eigenvalue weighted by Gasteiger charge is -2.26. The Morgan fingerprint density at radius 2 is 1.52 bits per heavy atom. The van der Waals surface area contributed by atoms with Crippen molar-refractivity contribution in [3.05, 3.63) is 66.2 Å². The van der Waals surface area contributed by atoms with Crippen LogP contribution < -0.4 is 0 Å². The molecule has 1 atom stereocenters.